The average molecular weight is 371 g/mol. The third-order valence-corrected chi connectivity index (χ3v) is 7.25. The van der Waals surface area contributed by atoms with E-state index in [1.54, 1.807) is 0 Å². The van der Waals surface area contributed by atoms with Crippen molar-refractivity contribution in [2.24, 2.45) is 0 Å². The maximum Gasteiger partial charge on any atom is 0.377 e. The van der Waals surface area contributed by atoms with Crippen LogP contribution in [0.5, 0.6) is 0 Å². The summed E-state index contributed by atoms with van der Waals surface area (Å²) in [4.78, 5) is 11.7. The topological polar surface area (TPSA) is 44.8 Å². The van der Waals surface area contributed by atoms with Crippen molar-refractivity contribution in [3.8, 4) is 0 Å². The molecule has 5 heteroatoms. The van der Waals surface area contributed by atoms with E-state index in [-0.39, 0.29) is 0 Å². The van der Waals surface area contributed by atoms with Crippen molar-refractivity contribution in [2.75, 3.05) is 0 Å². The minimum atomic E-state index is -2.81. The number of esters is 1. The van der Waals surface area contributed by atoms with Crippen molar-refractivity contribution in [1.82, 2.24) is 0 Å². The van der Waals surface area contributed by atoms with Crippen molar-refractivity contribution < 1.29 is 18.4 Å². The van der Waals surface area contributed by atoms with Gasteiger partial charge in [-0.1, -0.05) is 74.2 Å². The Kier molecular flexibility index (Phi) is 7.78. The van der Waals surface area contributed by atoms with Gasteiger partial charge in [-0.05, 0) is 24.1 Å². The van der Waals surface area contributed by atoms with Gasteiger partial charge in [-0.25, -0.2) is 4.79 Å². The third kappa shape index (κ3) is 5.95. The molecule has 2 aromatic carbocycles. The summed E-state index contributed by atoms with van der Waals surface area (Å²) < 4.78 is 18.0. The fraction of sp³-hybridized carbons (Fsp3) is 0.286. The predicted molar refractivity (Wildman–Crippen MR) is 104 cm³/mol. The first kappa shape index (κ1) is 20.1. The Hall–Kier alpha value is -2.21. The second-order valence-corrected chi connectivity index (χ2v) is 9.36. The molecular weight excluding hydrogens is 344 g/mol. The molecule has 0 heterocycles. The largest absolute Gasteiger partial charge is 0.457 e. The molecule has 0 aliphatic heterocycles. The summed E-state index contributed by atoms with van der Waals surface area (Å²) in [5, 5.41) is 0. The first-order valence-electron chi connectivity index (χ1n) is 8.76. The van der Waals surface area contributed by atoms with Gasteiger partial charge in [-0.15, -0.1) is 0 Å². The van der Waals surface area contributed by atoms with E-state index in [1.165, 1.54) is 6.08 Å². The Labute approximate surface area is 156 Å². The van der Waals surface area contributed by atoms with Crippen LogP contribution in [0, 0.1) is 0 Å². The first-order valence-corrected chi connectivity index (χ1v) is 11.2. The smallest absolute Gasteiger partial charge is 0.377 e. The molecule has 0 N–H and O–H groups in total. The van der Waals surface area contributed by atoms with E-state index in [0.29, 0.717) is 19.6 Å². The van der Waals surface area contributed by atoms with Crippen molar-refractivity contribution in [2.45, 2.75) is 38.8 Å². The number of rotatable bonds is 10. The normalized spacial score (nSPS) is 12.4. The van der Waals surface area contributed by atoms with Gasteiger partial charge in [0.25, 0.3) is 0 Å². The van der Waals surface area contributed by atoms with Crippen LogP contribution < -0.4 is 0 Å². The van der Waals surface area contributed by atoms with Crippen LogP contribution in [-0.4, -0.2) is 20.3 Å². The zero-order valence-corrected chi connectivity index (χ0v) is 16.4. The summed E-state index contributed by atoms with van der Waals surface area (Å²) in [5.41, 5.74) is 1.69. The zero-order chi connectivity index (χ0) is 18.8. The number of ether oxygens (including phenoxy) is 1. The fourth-order valence-electron chi connectivity index (χ4n) is 2.58. The van der Waals surface area contributed by atoms with Gasteiger partial charge in [-0.2, -0.15) is 0 Å². The highest BCUT2D eigenvalue weighted by Crippen LogP contribution is 2.23. The van der Waals surface area contributed by atoms with Gasteiger partial charge in [0.2, 0.25) is 0 Å². The molecule has 26 heavy (non-hydrogen) atoms. The Morgan fingerprint density at radius 3 is 1.85 bits per heavy atom. The van der Waals surface area contributed by atoms with E-state index < -0.39 is 20.3 Å². The molecule has 0 aliphatic carbocycles. The predicted octanol–water partition coefficient (Wildman–Crippen LogP) is 4.54. The lowest BCUT2D eigenvalue weighted by Gasteiger charge is -2.33. The number of hydrogen-bond donors (Lipinski definition) is 0. The van der Waals surface area contributed by atoms with Crippen LogP contribution in [0.15, 0.2) is 73.3 Å². The highest BCUT2D eigenvalue weighted by atomic mass is 28.4. The Morgan fingerprint density at radius 1 is 1.00 bits per heavy atom. The summed E-state index contributed by atoms with van der Waals surface area (Å²) in [6.45, 7) is 8.22. The quantitative estimate of drug-likeness (QED) is 0.350. The first-order chi connectivity index (χ1) is 12.6. The molecule has 2 rings (SSSR count). The molecule has 0 saturated heterocycles. The average Bonchev–Trinajstić information content (AvgIpc) is 2.70. The minimum Gasteiger partial charge on any atom is -0.457 e. The lowest BCUT2D eigenvalue weighted by Crippen LogP contribution is -2.52. The number of hydrogen-bond acceptors (Lipinski definition) is 4. The Balaban J connectivity index is 2.14. The maximum absolute atomic E-state index is 11.7. The van der Waals surface area contributed by atoms with Crippen molar-refractivity contribution >= 4 is 14.5 Å². The van der Waals surface area contributed by atoms with Gasteiger partial charge in [0.15, 0.2) is 0 Å². The third-order valence-electron chi connectivity index (χ3n) is 4.12. The molecular formula is C21H26O4Si. The second-order valence-electron chi connectivity index (χ2n) is 6.10. The zero-order valence-electron chi connectivity index (χ0n) is 15.4. The van der Waals surface area contributed by atoms with E-state index in [0.717, 1.165) is 11.1 Å². The van der Waals surface area contributed by atoms with Gasteiger partial charge in [0.1, 0.15) is 5.73 Å². The van der Waals surface area contributed by atoms with Gasteiger partial charge in [0, 0.05) is 6.08 Å². The SMILES string of the molecule is C=CC(=O)OC(CC)[Si](C)(OCc1ccccc1)OCc1ccccc1. The molecule has 0 spiro atoms. The van der Waals surface area contributed by atoms with Gasteiger partial charge >= 0.3 is 14.5 Å². The van der Waals surface area contributed by atoms with E-state index >= 15 is 0 Å². The molecule has 0 fully saturated rings. The van der Waals surface area contributed by atoms with Crippen LogP contribution in [0.3, 0.4) is 0 Å². The number of carbonyl (C=O) groups is 1. The van der Waals surface area contributed by atoms with Crippen molar-refractivity contribution in [1.29, 1.82) is 0 Å². The van der Waals surface area contributed by atoms with Crippen LogP contribution >= 0.6 is 0 Å². The maximum atomic E-state index is 11.7. The van der Waals surface area contributed by atoms with Crippen LogP contribution in [0.25, 0.3) is 0 Å². The van der Waals surface area contributed by atoms with E-state index in [4.69, 9.17) is 13.6 Å². The van der Waals surface area contributed by atoms with Crippen LogP contribution in [-0.2, 0) is 31.6 Å². The Bertz CT molecular complexity index is 644. The van der Waals surface area contributed by atoms with Crippen molar-refractivity contribution in [3.63, 3.8) is 0 Å². The van der Waals surface area contributed by atoms with Crippen LogP contribution in [0.4, 0.5) is 0 Å². The second kappa shape index (κ2) is 10.1. The molecule has 0 amide bonds. The Morgan fingerprint density at radius 2 is 1.46 bits per heavy atom. The molecule has 2 aromatic rings. The van der Waals surface area contributed by atoms with Gasteiger partial charge in [-0.3, -0.25) is 0 Å². The molecule has 1 atom stereocenters. The molecule has 0 bridgehead atoms. The lowest BCUT2D eigenvalue weighted by molar-refractivity contribution is -0.141. The molecule has 0 aromatic heterocycles. The summed E-state index contributed by atoms with van der Waals surface area (Å²) >= 11 is 0. The minimum absolute atomic E-state index is 0.416. The molecule has 0 radical (unpaired) electrons. The molecule has 0 saturated carbocycles. The standard InChI is InChI=1S/C21H26O4Si/c1-4-20(22)25-21(5-2)26(3,23-16-18-12-8-6-9-13-18)24-17-19-14-10-7-11-15-19/h4,6-15,21H,1,5,16-17H2,2-3H3. The van der Waals surface area contributed by atoms with E-state index in [1.807, 2.05) is 74.1 Å². The molecule has 138 valence electrons. The highest BCUT2D eigenvalue weighted by Gasteiger charge is 2.43. The summed E-state index contributed by atoms with van der Waals surface area (Å²) in [5.74, 6) is -0.456. The molecule has 1 unspecified atom stereocenters. The summed E-state index contributed by atoms with van der Waals surface area (Å²) in [6, 6.07) is 19.8. The lowest BCUT2D eigenvalue weighted by atomic mass is 10.2. The monoisotopic (exact) mass is 370 g/mol. The fourth-order valence-corrected chi connectivity index (χ4v) is 5.01. The molecule has 4 nitrogen and oxygen atoms in total. The summed E-state index contributed by atoms with van der Waals surface area (Å²) in [7, 11) is -2.81. The number of carbonyl (C=O) groups excluding carboxylic acids is 1. The van der Waals surface area contributed by atoms with E-state index in [9.17, 15) is 4.79 Å². The van der Waals surface area contributed by atoms with E-state index in [2.05, 4.69) is 6.58 Å². The van der Waals surface area contributed by atoms with Crippen LogP contribution in [0.1, 0.15) is 24.5 Å². The number of benzene rings is 2. The highest BCUT2D eigenvalue weighted by molar-refractivity contribution is 6.67. The van der Waals surface area contributed by atoms with Crippen LogP contribution in [0.2, 0.25) is 6.55 Å². The van der Waals surface area contributed by atoms with Crippen molar-refractivity contribution in [3.05, 3.63) is 84.4 Å². The van der Waals surface area contributed by atoms with Gasteiger partial charge < -0.3 is 13.6 Å². The van der Waals surface area contributed by atoms with Gasteiger partial charge in [0.05, 0.1) is 13.2 Å². The molecule has 0 aliphatic rings. The summed E-state index contributed by atoms with van der Waals surface area (Å²) in [6.07, 6.45) is 1.79.